The molecule has 1 aromatic rings. The molecule has 14 heteroatoms. The second kappa shape index (κ2) is 17.1. The van der Waals surface area contributed by atoms with Crippen molar-refractivity contribution in [1.82, 2.24) is 31.1 Å². The minimum absolute atomic E-state index is 0.0578. The van der Waals surface area contributed by atoms with E-state index in [1.54, 1.807) is 70.1 Å². The Kier molecular flexibility index (Phi) is 13.0. The summed E-state index contributed by atoms with van der Waals surface area (Å²) in [5.74, 6) is -3.88. The standard InChI is InChI=1S/C41H60N6O8/c1-40(2,3)55-39(54)45-32(26-19-12-9-13-20-26)38(53)47-23-27-30(41(27,4)5)33(47)35(50)43-28(21-24-15-14-16-24)34(49)36(51)42-22-29(48)44-31(37(52)46(6)7)25-17-10-8-11-18-25/h8,10-11,17-18,24,26-28,30-33H,9,12-16,19-23H2,1-7H3,(H,42,51)(H,43,50)(H,44,48)(H,45,54). The lowest BCUT2D eigenvalue weighted by Gasteiger charge is -2.37. The smallest absolute Gasteiger partial charge is 0.408 e. The zero-order valence-corrected chi connectivity index (χ0v) is 33.4. The molecule has 4 aliphatic rings. The summed E-state index contributed by atoms with van der Waals surface area (Å²) in [5, 5.41) is 10.8. The molecule has 0 aromatic heterocycles. The van der Waals surface area contributed by atoms with E-state index in [1.807, 2.05) is 0 Å². The zero-order chi connectivity index (χ0) is 40.2. The first-order chi connectivity index (χ1) is 25.9. The lowest BCUT2D eigenvalue weighted by Crippen LogP contribution is -2.60. The topological polar surface area (TPSA) is 183 Å². The van der Waals surface area contributed by atoms with Gasteiger partial charge in [-0.1, -0.05) is 82.7 Å². The number of ether oxygens (including phenoxy) is 1. The quantitative estimate of drug-likeness (QED) is 0.208. The van der Waals surface area contributed by atoms with E-state index in [0.29, 0.717) is 12.1 Å². The predicted molar refractivity (Wildman–Crippen MR) is 204 cm³/mol. The molecule has 1 heterocycles. The number of hydrogen-bond acceptors (Lipinski definition) is 8. The number of ketones is 1. The highest BCUT2D eigenvalue weighted by atomic mass is 16.6. The summed E-state index contributed by atoms with van der Waals surface area (Å²) in [6.45, 7) is 9.17. The molecule has 1 aromatic carbocycles. The number of amides is 6. The molecule has 0 bridgehead atoms. The summed E-state index contributed by atoms with van der Waals surface area (Å²) in [4.78, 5) is 97.7. The average molecular weight is 765 g/mol. The molecule has 4 N–H and O–H groups in total. The molecule has 14 nitrogen and oxygen atoms in total. The first-order valence-corrected chi connectivity index (χ1v) is 19.9. The highest BCUT2D eigenvalue weighted by Gasteiger charge is 2.69. The maximum atomic E-state index is 14.5. The molecule has 3 saturated carbocycles. The van der Waals surface area contributed by atoms with E-state index in [1.165, 1.54) is 4.90 Å². The monoisotopic (exact) mass is 764 g/mol. The molecule has 6 amide bonds. The maximum Gasteiger partial charge on any atom is 0.408 e. The Balaban J connectivity index is 1.29. The number of piperidine rings is 1. The fraction of sp³-hybridized carbons (Fsp3) is 0.683. The highest BCUT2D eigenvalue weighted by Crippen LogP contribution is 2.65. The largest absolute Gasteiger partial charge is 0.444 e. The molecule has 0 radical (unpaired) electrons. The van der Waals surface area contributed by atoms with Gasteiger partial charge in [0.2, 0.25) is 29.4 Å². The van der Waals surface area contributed by atoms with E-state index in [4.69, 9.17) is 4.74 Å². The first kappa shape index (κ1) is 41.7. The van der Waals surface area contributed by atoms with Crippen LogP contribution < -0.4 is 21.3 Å². The lowest BCUT2D eigenvalue weighted by atomic mass is 9.80. The number of nitrogens with zero attached hydrogens (tertiary/aromatic N) is 2. The van der Waals surface area contributed by atoms with Gasteiger partial charge < -0.3 is 35.8 Å². The Bertz CT molecular complexity index is 1610. The number of likely N-dealkylation sites (tertiary alicyclic amines) is 1. The van der Waals surface area contributed by atoms with Gasteiger partial charge in [0.25, 0.3) is 5.91 Å². The van der Waals surface area contributed by atoms with Gasteiger partial charge in [0, 0.05) is 20.6 Å². The fourth-order valence-corrected chi connectivity index (χ4v) is 8.63. The van der Waals surface area contributed by atoms with Crippen LogP contribution in [0, 0.1) is 29.1 Å². The van der Waals surface area contributed by atoms with Gasteiger partial charge in [-0.25, -0.2) is 4.79 Å². The van der Waals surface area contributed by atoms with Gasteiger partial charge in [-0.05, 0) is 74.7 Å². The van der Waals surface area contributed by atoms with E-state index in [9.17, 15) is 33.6 Å². The molecular weight excluding hydrogens is 704 g/mol. The molecule has 302 valence electrons. The summed E-state index contributed by atoms with van der Waals surface area (Å²) in [6, 6.07) is 4.77. The number of Topliss-reactive ketones (excluding diaryl/α,β-unsaturated/α-hetero) is 1. The van der Waals surface area contributed by atoms with E-state index in [-0.39, 0.29) is 47.3 Å². The van der Waals surface area contributed by atoms with Crippen LogP contribution in [0.1, 0.15) is 104 Å². The van der Waals surface area contributed by atoms with Crippen molar-refractivity contribution < 1.29 is 38.3 Å². The Morgan fingerprint density at radius 3 is 2.13 bits per heavy atom. The number of likely N-dealkylation sites (N-methyl/N-ethyl adjacent to an activating group) is 1. The molecular formula is C41H60N6O8. The minimum Gasteiger partial charge on any atom is -0.444 e. The number of fused-ring (bicyclic) bond motifs is 1. The van der Waals surface area contributed by atoms with Gasteiger partial charge in [0.15, 0.2) is 0 Å². The van der Waals surface area contributed by atoms with Crippen molar-refractivity contribution in [2.75, 3.05) is 27.2 Å². The van der Waals surface area contributed by atoms with Crippen LogP contribution in [0.3, 0.4) is 0 Å². The molecule has 3 aliphatic carbocycles. The summed E-state index contributed by atoms with van der Waals surface area (Å²) in [5.41, 5.74) is -0.423. The van der Waals surface area contributed by atoms with Gasteiger partial charge >= 0.3 is 6.09 Å². The van der Waals surface area contributed by atoms with Crippen molar-refractivity contribution in [3.8, 4) is 0 Å². The number of hydrogen-bond donors (Lipinski definition) is 4. The van der Waals surface area contributed by atoms with Crippen molar-refractivity contribution in [3.05, 3.63) is 35.9 Å². The van der Waals surface area contributed by atoms with Gasteiger partial charge in [0.1, 0.15) is 23.7 Å². The van der Waals surface area contributed by atoms with Gasteiger partial charge in [0.05, 0.1) is 12.6 Å². The highest BCUT2D eigenvalue weighted by molar-refractivity contribution is 6.38. The number of carbonyl (C=O) groups is 7. The van der Waals surface area contributed by atoms with Crippen LogP contribution in [0.15, 0.2) is 30.3 Å². The minimum atomic E-state index is -1.17. The van der Waals surface area contributed by atoms with Crippen molar-refractivity contribution in [2.24, 2.45) is 29.1 Å². The fourth-order valence-electron chi connectivity index (χ4n) is 8.63. The summed E-state index contributed by atoms with van der Waals surface area (Å²) in [6.07, 6.45) is 6.70. The van der Waals surface area contributed by atoms with Crippen LogP contribution in [0.5, 0.6) is 0 Å². The molecule has 4 fully saturated rings. The Hall–Kier alpha value is -4.49. The second-order valence-electron chi connectivity index (χ2n) is 17.7. The molecule has 1 aliphatic heterocycles. The van der Waals surface area contributed by atoms with Gasteiger partial charge in [-0.2, -0.15) is 0 Å². The van der Waals surface area contributed by atoms with Crippen LogP contribution in [0.2, 0.25) is 0 Å². The molecule has 6 atom stereocenters. The third-order valence-corrected chi connectivity index (χ3v) is 12.0. The molecule has 55 heavy (non-hydrogen) atoms. The summed E-state index contributed by atoms with van der Waals surface area (Å²) in [7, 11) is 3.14. The average Bonchev–Trinajstić information content (AvgIpc) is 3.41. The van der Waals surface area contributed by atoms with Crippen molar-refractivity contribution in [2.45, 2.75) is 122 Å². The van der Waals surface area contributed by atoms with Gasteiger partial charge in [-0.3, -0.25) is 28.8 Å². The molecule has 1 saturated heterocycles. The Labute approximate surface area is 324 Å². The number of rotatable bonds is 14. The van der Waals surface area contributed by atoms with E-state index < -0.39 is 65.9 Å². The second-order valence-corrected chi connectivity index (χ2v) is 17.7. The number of carbonyl (C=O) groups excluding carboxylic acids is 7. The van der Waals surface area contributed by atoms with Crippen LogP contribution in [0.25, 0.3) is 0 Å². The maximum absolute atomic E-state index is 14.5. The van der Waals surface area contributed by atoms with E-state index in [0.717, 1.165) is 51.4 Å². The number of nitrogens with one attached hydrogen (secondary N) is 4. The Morgan fingerprint density at radius 1 is 0.891 bits per heavy atom. The third-order valence-electron chi connectivity index (χ3n) is 12.0. The van der Waals surface area contributed by atoms with Crippen molar-refractivity contribution in [1.29, 1.82) is 0 Å². The van der Waals surface area contributed by atoms with Crippen LogP contribution in [-0.4, -0.2) is 102 Å². The SMILES string of the molecule is CN(C)C(=O)C(NC(=O)CNC(=O)C(=O)C(CC1CCC1)NC(=O)C1C2C(CN1C(=O)C(NC(=O)OC(C)(C)C)C1CCCCC1)C2(C)C)c1ccccc1. The summed E-state index contributed by atoms with van der Waals surface area (Å²) >= 11 is 0. The Morgan fingerprint density at radius 2 is 1.55 bits per heavy atom. The summed E-state index contributed by atoms with van der Waals surface area (Å²) < 4.78 is 5.54. The van der Waals surface area contributed by atoms with Crippen molar-refractivity contribution in [3.63, 3.8) is 0 Å². The normalized spacial score (nSPS) is 23.5. The van der Waals surface area contributed by atoms with E-state index >= 15 is 0 Å². The third kappa shape index (κ3) is 10.0. The van der Waals surface area contributed by atoms with Crippen molar-refractivity contribution >= 4 is 41.4 Å². The number of benzene rings is 1. The first-order valence-electron chi connectivity index (χ1n) is 19.9. The number of alkyl carbamates (subject to hydrolysis) is 1. The molecule has 5 rings (SSSR count). The van der Waals surface area contributed by atoms with Crippen LogP contribution in [-0.2, 0) is 33.5 Å². The molecule has 6 unspecified atom stereocenters. The van der Waals surface area contributed by atoms with Gasteiger partial charge in [-0.15, -0.1) is 0 Å². The van der Waals surface area contributed by atoms with E-state index in [2.05, 4.69) is 35.1 Å². The molecule has 0 spiro atoms. The van der Waals surface area contributed by atoms with Crippen LogP contribution >= 0.6 is 0 Å². The van der Waals surface area contributed by atoms with Crippen LogP contribution in [0.4, 0.5) is 4.79 Å². The zero-order valence-electron chi connectivity index (χ0n) is 33.4. The lowest BCUT2D eigenvalue weighted by molar-refractivity contribution is -0.145. The predicted octanol–water partition coefficient (Wildman–Crippen LogP) is 3.25.